The molecule has 1 aromatic rings. The van der Waals surface area contributed by atoms with Gasteiger partial charge in [0.15, 0.2) is 5.92 Å². The van der Waals surface area contributed by atoms with Crippen LogP contribution in [0.5, 0.6) is 0 Å². The summed E-state index contributed by atoms with van der Waals surface area (Å²) in [4.78, 5) is 39.5. The highest BCUT2D eigenvalue weighted by Crippen LogP contribution is 2.34. The monoisotopic (exact) mass is 387 g/mol. The minimum atomic E-state index is -1.15. The molecule has 25 heavy (non-hydrogen) atoms. The Bertz CT molecular complexity index is 688. The van der Waals surface area contributed by atoms with Gasteiger partial charge in [-0.05, 0) is 32.4 Å². The number of rotatable bonds is 8. The molecule has 0 amide bonds. The van der Waals surface area contributed by atoms with Crippen molar-refractivity contribution >= 4 is 52.8 Å². The van der Waals surface area contributed by atoms with Gasteiger partial charge in [-0.2, -0.15) is 0 Å². The van der Waals surface area contributed by atoms with Gasteiger partial charge in [0, 0.05) is 6.21 Å². The molecule has 0 aromatic heterocycles. The lowest BCUT2D eigenvalue weighted by atomic mass is 10.1. The third-order valence-electron chi connectivity index (χ3n) is 3.05. The summed E-state index contributed by atoms with van der Waals surface area (Å²) in [6.45, 7) is 5.13. The van der Waals surface area contributed by atoms with Crippen LogP contribution in [0.2, 0.25) is 10.0 Å². The number of halogens is 2. The Labute approximate surface area is 156 Å². The van der Waals surface area contributed by atoms with E-state index in [1.165, 1.54) is 19.1 Å². The highest BCUT2D eigenvalue weighted by molar-refractivity contribution is 6.41. The van der Waals surface area contributed by atoms with Crippen LogP contribution in [-0.2, 0) is 19.1 Å². The Balaban J connectivity index is 3.13. The van der Waals surface area contributed by atoms with Crippen molar-refractivity contribution in [1.29, 1.82) is 0 Å². The van der Waals surface area contributed by atoms with E-state index >= 15 is 0 Å². The van der Waals surface area contributed by atoms with E-state index in [0.717, 1.165) is 6.21 Å². The van der Waals surface area contributed by atoms with Crippen LogP contribution in [0.1, 0.15) is 37.6 Å². The van der Waals surface area contributed by atoms with Crippen LogP contribution in [0.25, 0.3) is 0 Å². The average molecular weight is 388 g/mol. The Hall–Kier alpha value is -1.92. The number of hydrogen-bond donors (Lipinski definition) is 0. The fourth-order valence-corrected chi connectivity index (χ4v) is 2.38. The molecule has 0 aliphatic heterocycles. The Kier molecular flexibility index (Phi) is 8.58. The van der Waals surface area contributed by atoms with Gasteiger partial charge >= 0.3 is 11.9 Å². The Morgan fingerprint density at radius 1 is 1.20 bits per heavy atom. The fraction of sp³-hybridized carbons (Fsp3) is 0.412. The molecule has 0 saturated heterocycles. The summed E-state index contributed by atoms with van der Waals surface area (Å²) in [7, 11) is 0. The Morgan fingerprint density at radius 2 is 1.88 bits per heavy atom. The zero-order valence-corrected chi connectivity index (χ0v) is 15.7. The first kappa shape index (κ1) is 21.1. The van der Waals surface area contributed by atoms with Crippen molar-refractivity contribution in [1.82, 2.24) is 0 Å². The minimum Gasteiger partial charge on any atom is -0.465 e. The number of ether oxygens (including phenoxy) is 2. The molecule has 136 valence electrons. The van der Waals surface area contributed by atoms with Crippen molar-refractivity contribution in [3.05, 3.63) is 27.7 Å². The van der Waals surface area contributed by atoms with Gasteiger partial charge in [-0.1, -0.05) is 30.1 Å². The number of esters is 2. The molecule has 0 spiro atoms. The fourth-order valence-electron chi connectivity index (χ4n) is 1.81. The van der Waals surface area contributed by atoms with Crippen LogP contribution < -0.4 is 0 Å². The molecule has 0 bridgehead atoms. The number of Topliss-reactive ketones (excluding diaryl/α,β-unsaturated/α-hetero) is 1. The lowest BCUT2D eigenvalue weighted by Crippen LogP contribution is -2.25. The van der Waals surface area contributed by atoms with Gasteiger partial charge in [0.05, 0.1) is 34.5 Å². The summed E-state index contributed by atoms with van der Waals surface area (Å²) in [5, 5.41) is 0.0966. The van der Waals surface area contributed by atoms with E-state index in [4.69, 9.17) is 32.7 Å². The highest BCUT2D eigenvalue weighted by atomic mass is 35.5. The maximum Gasteiger partial charge on any atom is 0.341 e. The zero-order chi connectivity index (χ0) is 19.0. The van der Waals surface area contributed by atoms with E-state index in [1.807, 2.05) is 6.92 Å². The molecule has 0 heterocycles. The van der Waals surface area contributed by atoms with Crippen LogP contribution >= 0.6 is 23.2 Å². The van der Waals surface area contributed by atoms with Gasteiger partial charge in [0.2, 0.25) is 0 Å². The van der Waals surface area contributed by atoms with Gasteiger partial charge in [0.1, 0.15) is 5.78 Å². The predicted octanol–water partition coefficient (Wildman–Crippen LogP) is 4.03. The predicted molar refractivity (Wildman–Crippen MR) is 96.0 cm³/mol. The number of carbonyl (C=O) groups is 3. The number of aliphatic imine (C=N–C) groups is 1. The quantitative estimate of drug-likeness (QED) is 0.382. The van der Waals surface area contributed by atoms with Gasteiger partial charge in [-0.3, -0.25) is 14.6 Å². The molecule has 0 aliphatic rings. The first-order valence-corrected chi connectivity index (χ1v) is 8.45. The van der Waals surface area contributed by atoms with Crippen molar-refractivity contribution < 1.29 is 23.9 Å². The third kappa shape index (κ3) is 5.83. The van der Waals surface area contributed by atoms with Gasteiger partial charge in [0.25, 0.3) is 0 Å². The number of benzene rings is 1. The molecule has 0 aliphatic carbocycles. The SMILES string of the molecule is CCCOC(=O)C(C=Nc1ccc(Cl)c(C(=O)OCC)c1Cl)C(C)=O. The first-order chi connectivity index (χ1) is 11.8. The molecule has 1 aromatic carbocycles. The molecular weight excluding hydrogens is 369 g/mol. The zero-order valence-electron chi connectivity index (χ0n) is 14.2. The number of nitrogens with zero attached hydrogens (tertiary/aromatic N) is 1. The Morgan fingerprint density at radius 3 is 2.44 bits per heavy atom. The smallest absolute Gasteiger partial charge is 0.341 e. The molecule has 1 atom stereocenters. The lowest BCUT2D eigenvalue weighted by Gasteiger charge is -2.10. The number of ketones is 1. The lowest BCUT2D eigenvalue weighted by molar-refractivity contribution is -0.148. The molecule has 0 radical (unpaired) electrons. The van der Waals surface area contributed by atoms with Crippen molar-refractivity contribution in [2.45, 2.75) is 27.2 Å². The largest absolute Gasteiger partial charge is 0.465 e. The molecule has 6 nitrogen and oxygen atoms in total. The van der Waals surface area contributed by atoms with Crippen molar-refractivity contribution in [2.24, 2.45) is 10.9 Å². The van der Waals surface area contributed by atoms with E-state index in [9.17, 15) is 14.4 Å². The van der Waals surface area contributed by atoms with Gasteiger partial charge in [-0.15, -0.1) is 0 Å². The van der Waals surface area contributed by atoms with Crippen LogP contribution in [0.4, 0.5) is 5.69 Å². The topological polar surface area (TPSA) is 82.0 Å². The van der Waals surface area contributed by atoms with Crippen LogP contribution in [-0.4, -0.2) is 37.2 Å². The molecule has 0 saturated carbocycles. The maximum absolute atomic E-state index is 11.9. The maximum atomic E-state index is 11.9. The van der Waals surface area contributed by atoms with Crippen LogP contribution in [0, 0.1) is 5.92 Å². The minimum absolute atomic E-state index is 0.0206. The first-order valence-electron chi connectivity index (χ1n) is 7.69. The van der Waals surface area contributed by atoms with E-state index in [1.54, 1.807) is 6.92 Å². The summed E-state index contributed by atoms with van der Waals surface area (Å²) in [6, 6.07) is 2.91. The number of hydrogen-bond acceptors (Lipinski definition) is 6. The van der Waals surface area contributed by atoms with Gasteiger partial charge < -0.3 is 9.47 Å². The van der Waals surface area contributed by atoms with Crippen molar-refractivity contribution in [3.8, 4) is 0 Å². The van der Waals surface area contributed by atoms with Crippen LogP contribution in [0.15, 0.2) is 17.1 Å². The summed E-state index contributed by atoms with van der Waals surface area (Å²) in [6.07, 6.45) is 1.78. The second-order valence-electron chi connectivity index (χ2n) is 5.01. The molecule has 0 N–H and O–H groups in total. The molecule has 1 rings (SSSR count). The standard InChI is InChI=1S/C17H19Cl2NO5/c1-4-8-25-16(22)11(10(3)21)9-20-13-7-6-12(18)14(15(13)19)17(23)24-5-2/h6-7,9,11H,4-5,8H2,1-3H3. The summed E-state index contributed by atoms with van der Waals surface area (Å²) in [5.41, 5.74) is 0.163. The molecule has 8 heteroatoms. The summed E-state index contributed by atoms with van der Waals surface area (Å²) < 4.78 is 9.87. The normalized spacial score (nSPS) is 12.0. The number of carbonyl (C=O) groups excluding carboxylic acids is 3. The average Bonchev–Trinajstić information content (AvgIpc) is 2.55. The van der Waals surface area contributed by atoms with E-state index in [-0.39, 0.29) is 34.5 Å². The van der Waals surface area contributed by atoms with Crippen LogP contribution in [0.3, 0.4) is 0 Å². The molecule has 1 unspecified atom stereocenters. The second kappa shape index (κ2) is 10.2. The van der Waals surface area contributed by atoms with Crippen molar-refractivity contribution in [3.63, 3.8) is 0 Å². The van der Waals surface area contributed by atoms with Crippen molar-refractivity contribution in [2.75, 3.05) is 13.2 Å². The summed E-state index contributed by atoms with van der Waals surface area (Å²) >= 11 is 12.2. The second-order valence-corrected chi connectivity index (χ2v) is 5.80. The van der Waals surface area contributed by atoms with E-state index < -0.39 is 23.6 Å². The van der Waals surface area contributed by atoms with E-state index in [2.05, 4.69) is 4.99 Å². The molecular formula is C17H19Cl2NO5. The highest BCUT2D eigenvalue weighted by Gasteiger charge is 2.24. The van der Waals surface area contributed by atoms with Gasteiger partial charge in [-0.25, -0.2) is 4.79 Å². The summed E-state index contributed by atoms with van der Waals surface area (Å²) in [5.74, 6) is -2.93. The molecule has 0 fully saturated rings. The van der Waals surface area contributed by atoms with E-state index in [0.29, 0.717) is 6.42 Å². The third-order valence-corrected chi connectivity index (χ3v) is 3.75.